The van der Waals surface area contributed by atoms with Crippen LogP contribution in [0, 0.1) is 23.2 Å². The molecule has 2 aliphatic rings. The molecule has 8 nitrogen and oxygen atoms in total. The van der Waals surface area contributed by atoms with E-state index in [-0.39, 0.29) is 46.6 Å². The van der Waals surface area contributed by atoms with Gasteiger partial charge in [0.1, 0.15) is 5.69 Å². The fourth-order valence-corrected chi connectivity index (χ4v) is 7.90. The second-order valence-corrected chi connectivity index (χ2v) is 12.3. The quantitative estimate of drug-likeness (QED) is 0.482. The number of anilines is 1. The zero-order valence-electron chi connectivity index (χ0n) is 22.3. The molecule has 2 aliphatic carbocycles. The van der Waals surface area contributed by atoms with Crippen molar-refractivity contribution < 1.29 is 14.7 Å². The Morgan fingerprint density at radius 2 is 2.03 bits per heavy atom. The van der Waals surface area contributed by atoms with Crippen molar-refractivity contribution in [3.8, 4) is 0 Å². The van der Waals surface area contributed by atoms with Gasteiger partial charge in [0, 0.05) is 42.7 Å². The molecule has 6 atom stereocenters. The van der Waals surface area contributed by atoms with Crippen molar-refractivity contribution in [2.45, 2.75) is 58.6 Å². The lowest BCUT2D eigenvalue weighted by Crippen LogP contribution is -2.53. The van der Waals surface area contributed by atoms with E-state index in [2.05, 4.69) is 29.1 Å². The maximum absolute atomic E-state index is 13.4. The maximum Gasteiger partial charge on any atom is 0.277 e. The van der Waals surface area contributed by atoms with Crippen LogP contribution in [-0.2, 0) is 17.8 Å². The van der Waals surface area contributed by atoms with Crippen LogP contribution in [0.2, 0.25) is 0 Å². The Morgan fingerprint density at radius 3 is 2.74 bits per heavy atom. The van der Waals surface area contributed by atoms with Crippen molar-refractivity contribution in [3.05, 3.63) is 70.8 Å². The number of rotatable bonds is 6. The van der Waals surface area contributed by atoms with Crippen LogP contribution in [0.5, 0.6) is 0 Å². The number of aromatic nitrogens is 3. The molecule has 2 amide bonds. The SMILES string of the molecule is C[C@H](C(=O)N(C)Cc1ccccc1)C1CC[C@@]2(C)Cc3sc(NC(=O)c4cnccn4)nc3[C@@H](C)[C@@H]2[C@H]1O. The minimum atomic E-state index is -0.611. The zero-order chi connectivity index (χ0) is 27.0. The highest BCUT2D eigenvalue weighted by atomic mass is 32.1. The van der Waals surface area contributed by atoms with E-state index in [1.807, 2.05) is 44.3 Å². The molecule has 1 fully saturated rings. The fraction of sp³-hybridized carbons (Fsp3) is 0.483. The summed E-state index contributed by atoms with van der Waals surface area (Å²) in [5, 5.41) is 15.1. The second kappa shape index (κ2) is 10.5. The topological polar surface area (TPSA) is 108 Å². The van der Waals surface area contributed by atoms with Crippen molar-refractivity contribution in [2.24, 2.45) is 23.2 Å². The summed E-state index contributed by atoms with van der Waals surface area (Å²) in [6.45, 7) is 6.88. The summed E-state index contributed by atoms with van der Waals surface area (Å²) in [6, 6.07) is 9.97. The molecule has 1 saturated carbocycles. The largest absolute Gasteiger partial charge is 0.392 e. The van der Waals surface area contributed by atoms with E-state index in [0.29, 0.717) is 11.7 Å². The van der Waals surface area contributed by atoms with E-state index in [0.717, 1.165) is 35.4 Å². The minimum Gasteiger partial charge on any atom is -0.392 e. The smallest absolute Gasteiger partial charge is 0.277 e. The van der Waals surface area contributed by atoms with Gasteiger partial charge in [-0.15, -0.1) is 11.3 Å². The second-order valence-electron chi connectivity index (χ2n) is 11.2. The molecule has 2 heterocycles. The summed E-state index contributed by atoms with van der Waals surface area (Å²) in [6.07, 6.45) is 6.36. The number of aliphatic hydroxyl groups excluding tert-OH is 1. The van der Waals surface area contributed by atoms with E-state index in [1.54, 1.807) is 4.90 Å². The first kappa shape index (κ1) is 26.4. The van der Waals surface area contributed by atoms with Gasteiger partial charge in [-0.25, -0.2) is 9.97 Å². The molecule has 1 unspecified atom stereocenters. The molecule has 0 saturated heterocycles. The standard InChI is InChI=1S/C29H35N5O3S/c1-17(27(37)34(4)16-19-8-6-5-7-9-19)20-10-11-29(3)14-22-24(18(2)23(29)25(20)35)32-28(38-22)33-26(36)21-15-30-12-13-31-21/h5-9,12-13,15,17-18,20,23,25,35H,10-11,14,16H2,1-4H3,(H,32,33,36)/t17-,18-,20?,23+,25-,29-/m0/s1. The predicted octanol–water partition coefficient (Wildman–Crippen LogP) is 4.53. The van der Waals surface area contributed by atoms with E-state index in [9.17, 15) is 14.7 Å². The van der Waals surface area contributed by atoms with Gasteiger partial charge in [0.15, 0.2) is 5.13 Å². The Hall–Kier alpha value is -3.17. The Morgan fingerprint density at radius 1 is 1.26 bits per heavy atom. The van der Waals surface area contributed by atoms with Gasteiger partial charge in [-0.1, -0.05) is 51.1 Å². The number of nitrogens with one attached hydrogen (secondary N) is 1. The molecule has 0 bridgehead atoms. The summed E-state index contributed by atoms with van der Waals surface area (Å²) in [5.74, 6) is -0.689. The van der Waals surface area contributed by atoms with Crippen LogP contribution in [-0.4, -0.2) is 49.9 Å². The third-order valence-electron chi connectivity index (χ3n) is 8.61. The lowest BCUT2D eigenvalue weighted by atomic mass is 9.53. The Bertz CT molecular complexity index is 1300. The lowest BCUT2D eigenvalue weighted by molar-refractivity contribution is -0.144. The highest BCUT2D eigenvalue weighted by molar-refractivity contribution is 7.15. The molecule has 5 rings (SSSR count). The van der Waals surface area contributed by atoms with Crippen LogP contribution < -0.4 is 5.32 Å². The van der Waals surface area contributed by atoms with Gasteiger partial charge in [-0.05, 0) is 42.1 Å². The maximum atomic E-state index is 13.4. The molecule has 38 heavy (non-hydrogen) atoms. The minimum absolute atomic E-state index is 0.00400. The number of fused-ring (bicyclic) bond motifs is 2. The first-order valence-corrected chi connectivity index (χ1v) is 14.0. The van der Waals surface area contributed by atoms with Gasteiger partial charge in [-0.2, -0.15) is 0 Å². The first-order valence-electron chi connectivity index (χ1n) is 13.2. The summed E-state index contributed by atoms with van der Waals surface area (Å²) in [5.41, 5.74) is 2.17. The van der Waals surface area contributed by atoms with Crippen LogP contribution in [0.1, 0.15) is 66.2 Å². The predicted molar refractivity (Wildman–Crippen MR) is 147 cm³/mol. The summed E-state index contributed by atoms with van der Waals surface area (Å²) >= 11 is 1.50. The number of amides is 2. The number of aliphatic hydroxyl groups is 1. The zero-order valence-corrected chi connectivity index (χ0v) is 23.1. The van der Waals surface area contributed by atoms with Crippen LogP contribution in [0.25, 0.3) is 0 Å². The molecule has 0 radical (unpaired) electrons. The summed E-state index contributed by atoms with van der Waals surface area (Å²) in [7, 11) is 1.84. The molecule has 0 spiro atoms. The number of benzene rings is 1. The van der Waals surface area contributed by atoms with Gasteiger partial charge in [0.25, 0.3) is 5.91 Å². The van der Waals surface area contributed by atoms with Gasteiger partial charge < -0.3 is 10.0 Å². The van der Waals surface area contributed by atoms with E-state index in [4.69, 9.17) is 4.98 Å². The number of hydrogen-bond donors (Lipinski definition) is 2. The van der Waals surface area contributed by atoms with Crippen molar-refractivity contribution in [1.82, 2.24) is 19.9 Å². The molecule has 2 aromatic heterocycles. The Balaban J connectivity index is 1.31. The fourth-order valence-electron chi connectivity index (χ4n) is 6.64. The van der Waals surface area contributed by atoms with E-state index >= 15 is 0 Å². The van der Waals surface area contributed by atoms with Gasteiger partial charge in [-0.3, -0.25) is 19.9 Å². The summed E-state index contributed by atoms with van der Waals surface area (Å²) in [4.78, 5) is 41.7. The molecule has 200 valence electrons. The third-order valence-corrected chi connectivity index (χ3v) is 9.60. The molecule has 0 aliphatic heterocycles. The molecule has 1 aromatic carbocycles. The Kier molecular flexibility index (Phi) is 7.33. The van der Waals surface area contributed by atoms with Crippen molar-refractivity contribution >= 4 is 28.3 Å². The Labute approximate surface area is 227 Å². The molecular formula is C29H35N5O3S. The number of carbonyl (C=O) groups excluding carboxylic acids is 2. The average molecular weight is 534 g/mol. The third kappa shape index (κ3) is 4.97. The van der Waals surface area contributed by atoms with Gasteiger partial charge in [0.05, 0.1) is 18.0 Å². The summed E-state index contributed by atoms with van der Waals surface area (Å²) < 4.78 is 0. The average Bonchev–Trinajstić information content (AvgIpc) is 3.30. The number of nitrogens with zero attached hydrogens (tertiary/aromatic N) is 4. The number of hydrogen-bond acceptors (Lipinski definition) is 7. The van der Waals surface area contributed by atoms with Gasteiger partial charge >= 0.3 is 0 Å². The van der Waals surface area contributed by atoms with Crippen molar-refractivity contribution in [1.29, 1.82) is 0 Å². The van der Waals surface area contributed by atoms with Crippen LogP contribution in [0.15, 0.2) is 48.9 Å². The normalized spacial score (nSPS) is 27.1. The van der Waals surface area contributed by atoms with E-state index < -0.39 is 6.10 Å². The first-order chi connectivity index (χ1) is 18.2. The lowest BCUT2D eigenvalue weighted by Gasteiger charge is -2.53. The number of carbonyl (C=O) groups is 2. The molecule has 9 heteroatoms. The van der Waals surface area contributed by atoms with Crippen LogP contribution >= 0.6 is 11.3 Å². The van der Waals surface area contributed by atoms with Crippen molar-refractivity contribution in [2.75, 3.05) is 12.4 Å². The highest BCUT2D eigenvalue weighted by Gasteiger charge is 2.54. The van der Waals surface area contributed by atoms with Crippen LogP contribution in [0.4, 0.5) is 5.13 Å². The molecular weight excluding hydrogens is 498 g/mol. The molecule has 3 aromatic rings. The number of thiazole rings is 1. The van der Waals surface area contributed by atoms with Crippen LogP contribution in [0.3, 0.4) is 0 Å². The van der Waals surface area contributed by atoms with Gasteiger partial charge in [0.2, 0.25) is 5.91 Å². The van der Waals surface area contributed by atoms with E-state index in [1.165, 1.54) is 29.9 Å². The van der Waals surface area contributed by atoms with Crippen molar-refractivity contribution in [3.63, 3.8) is 0 Å². The molecule has 2 N–H and O–H groups in total. The monoisotopic (exact) mass is 533 g/mol. The highest BCUT2D eigenvalue weighted by Crippen LogP contribution is 2.57.